The molecule has 1 aliphatic heterocycles. The number of hydrogen-bond donors (Lipinski definition) is 1. The lowest BCUT2D eigenvalue weighted by Gasteiger charge is -2.26. The zero-order valence-corrected chi connectivity index (χ0v) is 11.0. The van der Waals surface area contributed by atoms with Crippen LogP contribution in [0, 0.1) is 5.82 Å². The normalized spacial score (nSPS) is 21.3. The molecule has 1 N–H and O–H groups in total. The molecule has 0 aromatic heterocycles. The van der Waals surface area contributed by atoms with Crippen LogP contribution >= 0.6 is 0 Å². The van der Waals surface area contributed by atoms with E-state index in [-0.39, 0.29) is 11.9 Å². The zero-order valence-electron chi connectivity index (χ0n) is 11.0. The minimum absolute atomic E-state index is 0.0990. The molecule has 1 saturated heterocycles. The van der Waals surface area contributed by atoms with Crippen LogP contribution in [0.1, 0.15) is 31.9 Å². The van der Waals surface area contributed by atoms with Crippen molar-refractivity contribution in [2.45, 2.75) is 26.3 Å². The molecule has 0 radical (unpaired) electrons. The highest BCUT2D eigenvalue weighted by molar-refractivity contribution is 5.21. The number of benzene rings is 1. The molecule has 0 aliphatic carbocycles. The van der Waals surface area contributed by atoms with Gasteiger partial charge in [-0.3, -0.25) is 4.90 Å². The van der Waals surface area contributed by atoms with Gasteiger partial charge in [-0.25, -0.2) is 4.39 Å². The first kappa shape index (κ1) is 14.1. The first-order valence-electron chi connectivity index (χ1n) is 6.44. The number of nitrogens with zero attached hydrogens (tertiary/aromatic N) is 1. The van der Waals surface area contributed by atoms with Crippen LogP contribution in [-0.2, 0) is 0 Å². The number of rotatable bonds is 1. The van der Waals surface area contributed by atoms with E-state index in [1.807, 2.05) is 26.0 Å². The summed E-state index contributed by atoms with van der Waals surface area (Å²) in [7, 11) is 2.06. The van der Waals surface area contributed by atoms with Gasteiger partial charge >= 0.3 is 0 Å². The molecule has 17 heavy (non-hydrogen) atoms. The van der Waals surface area contributed by atoms with Gasteiger partial charge in [0.2, 0.25) is 0 Å². The number of hydrogen-bond acceptors (Lipinski definition) is 2. The van der Waals surface area contributed by atoms with Crippen LogP contribution in [0.5, 0.6) is 0 Å². The summed E-state index contributed by atoms with van der Waals surface area (Å²) in [5.74, 6) is -0.0990. The lowest BCUT2D eigenvalue weighted by molar-refractivity contribution is 0.256. The summed E-state index contributed by atoms with van der Waals surface area (Å²) in [5, 5.41) is 3.35. The van der Waals surface area contributed by atoms with Crippen molar-refractivity contribution < 1.29 is 4.39 Å². The highest BCUT2D eigenvalue weighted by atomic mass is 19.1. The Kier molecular flexibility index (Phi) is 6.16. The highest BCUT2D eigenvalue weighted by Gasteiger charge is 2.21. The van der Waals surface area contributed by atoms with Crippen LogP contribution in [0.2, 0.25) is 0 Å². The predicted octanol–water partition coefficient (Wildman–Crippen LogP) is 2.82. The maximum atomic E-state index is 13.6. The van der Waals surface area contributed by atoms with Crippen molar-refractivity contribution in [3.8, 4) is 0 Å². The van der Waals surface area contributed by atoms with Crippen molar-refractivity contribution in [1.29, 1.82) is 0 Å². The number of likely N-dealkylation sites (N-methyl/N-ethyl adjacent to an activating group) is 1. The molecule has 3 heteroatoms. The third kappa shape index (κ3) is 3.79. The molecule has 96 valence electrons. The molecule has 2 rings (SSSR count). The van der Waals surface area contributed by atoms with Crippen LogP contribution in [0.4, 0.5) is 4.39 Å². The van der Waals surface area contributed by atoms with E-state index in [1.165, 1.54) is 6.07 Å². The molecule has 0 bridgehead atoms. The molecule has 0 amide bonds. The van der Waals surface area contributed by atoms with Gasteiger partial charge in [0, 0.05) is 18.2 Å². The second-order valence-corrected chi connectivity index (χ2v) is 4.08. The molecular weight excluding hydrogens is 215 g/mol. The SMILES string of the molecule is CC.CN1CCCNCC1c1ccccc1F. The van der Waals surface area contributed by atoms with E-state index in [0.717, 1.165) is 31.6 Å². The quantitative estimate of drug-likeness (QED) is 0.809. The molecule has 0 saturated carbocycles. The molecule has 1 aromatic rings. The fourth-order valence-corrected chi connectivity index (χ4v) is 2.10. The molecule has 2 nitrogen and oxygen atoms in total. The van der Waals surface area contributed by atoms with E-state index >= 15 is 0 Å². The van der Waals surface area contributed by atoms with Crippen molar-refractivity contribution in [2.75, 3.05) is 26.7 Å². The van der Waals surface area contributed by atoms with Gasteiger partial charge in [-0.1, -0.05) is 32.0 Å². The Morgan fingerprint density at radius 1 is 1.29 bits per heavy atom. The fraction of sp³-hybridized carbons (Fsp3) is 0.571. The molecule has 1 aliphatic rings. The Morgan fingerprint density at radius 2 is 2.00 bits per heavy atom. The standard InChI is InChI=1S/C12H17FN2.C2H6/c1-15-8-4-7-14-9-12(15)10-5-2-3-6-11(10)13;1-2/h2-3,5-6,12,14H,4,7-9H2,1H3;1-2H3. The minimum Gasteiger partial charge on any atom is -0.315 e. The van der Waals surface area contributed by atoms with Crippen molar-refractivity contribution in [3.05, 3.63) is 35.6 Å². The van der Waals surface area contributed by atoms with Crippen LogP contribution in [0.25, 0.3) is 0 Å². The molecular formula is C14H23FN2. The predicted molar refractivity (Wildman–Crippen MR) is 70.6 cm³/mol. The maximum Gasteiger partial charge on any atom is 0.128 e. The molecule has 1 atom stereocenters. The van der Waals surface area contributed by atoms with E-state index in [9.17, 15) is 4.39 Å². The van der Waals surface area contributed by atoms with E-state index in [0.29, 0.717) is 0 Å². The maximum absolute atomic E-state index is 13.6. The summed E-state index contributed by atoms with van der Waals surface area (Å²) in [4.78, 5) is 2.22. The van der Waals surface area contributed by atoms with Crippen molar-refractivity contribution in [3.63, 3.8) is 0 Å². The van der Waals surface area contributed by atoms with Gasteiger partial charge in [0.05, 0.1) is 0 Å². The first-order chi connectivity index (χ1) is 8.29. The smallest absolute Gasteiger partial charge is 0.128 e. The molecule has 1 heterocycles. The van der Waals surface area contributed by atoms with Gasteiger partial charge in [0.25, 0.3) is 0 Å². The molecule has 1 unspecified atom stereocenters. The Hall–Kier alpha value is -0.930. The minimum atomic E-state index is -0.0990. The average molecular weight is 238 g/mol. The summed E-state index contributed by atoms with van der Waals surface area (Å²) in [5.41, 5.74) is 0.800. The third-order valence-electron chi connectivity index (χ3n) is 3.00. The van der Waals surface area contributed by atoms with Gasteiger partial charge in [0.15, 0.2) is 0 Å². The Morgan fingerprint density at radius 3 is 2.71 bits per heavy atom. The van der Waals surface area contributed by atoms with Gasteiger partial charge < -0.3 is 5.32 Å². The number of halogens is 1. The number of nitrogens with one attached hydrogen (secondary N) is 1. The summed E-state index contributed by atoms with van der Waals surface area (Å²) in [6.45, 7) is 6.87. The van der Waals surface area contributed by atoms with Gasteiger partial charge in [0.1, 0.15) is 5.82 Å². The van der Waals surface area contributed by atoms with E-state index in [1.54, 1.807) is 6.07 Å². The van der Waals surface area contributed by atoms with Crippen molar-refractivity contribution in [2.24, 2.45) is 0 Å². The topological polar surface area (TPSA) is 15.3 Å². The summed E-state index contributed by atoms with van der Waals surface area (Å²) >= 11 is 0. The summed E-state index contributed by atoms with van der Waals surface area (Å²) in [6, 6.07) is 7.21. The van der Waals surface area contributed by atoms with Crippen LogP contribution < -0.4 is 5.32 Å². The second kappa shape index (κ2) is 7.41. The fourth-order valence-electron chi connectivity index (χ4n) is 2.10. The van der Waals surface area contributed by atoms with Crippen LogP contribution in [-0.4, -0.2) is 31.6 Å². The van der Waals surface area contributed by atoms with Crippen LogP contribution in [0.3, 0.4) is 0 Å². The van der Waals surface area contributed by atoms with E-state index in [4.69, 9.17) is 0 Å². The van der Waals surface area contributed by atoms with Crippen LogP contribution in [0.15, 0.2) is 24.3 Å². The van der Waals surface area contributed by atoms with Gasteiger partial charge in [-0.15, -0.1) is 0 Å². The molecule has 1 fully saturated rings. The van der Waals surface area contributed by atoms with Crippen molar-refractivity contribution in [1.82, 2.24) is 10.2 Å². The molecule has 1 aromatic carbocycles. The summed E-state index contributed by atoms with van der Waals surface area (Å²) in [6.07, 6.45) is 1.13. The third-order valence-corrected chi connectivity index (χ3v) is 3.00. The van der Waals surface area contributed by atoms with E-state index < -0.39 is 0 Å². The lowest BCUT2D eigenvalue weighted by Crippen LogP contribution is -2.30. The average Bonchev–Trinajstić information content (AvgIpc) is 2.57. The molecule has 0 spiro atoms. The zero-order chi connectivity index (χ0) is 12.7. The van der Waals surface area contributed by atoms with E-state index in [2.05, 4.69) is 17.3 Å². The highest BCUT2D eigenvalue weighted by Crippen LogP contribution is 2.22. The second-order valence-electron chi connectivity index (χ2n) is 4.08. The van der Waals surface area contributed by atoms with Crippen molar-refractivity contribution >= 4 is 0 Å². The van der Waals surface area contributed by atoms with Gasteiger partial charge in [-0.2, -0.15) is 0 Å². The van der Waals surface area contributed by atoms with Gasteiger partial charge in [-0.05, 0) is 32.6 Å². The Balaban J connectivity index is 0.000000686. The Labute approximate surface area is 104 Å². The monoisotopic (exact) mass is 238 g/mol. The summed E-state index contributed by atoms with van der Waals surface area (Å²) < 4.78 is 13.6. The Bertz CT molecular complexity index is 328. The lowest BCUT2D eigenvalue weighted by atomic mass is 10.1. The first-order valence-corrected chi connectivity index (χ1v) is 6.44. The largest absolute Gasteiger partial charge is 0.315 e.